The van der Waals surface area contributed by atoms with Crippen LogP contribution in [0.15, 0.2) is 60.7 Å². The number of carboxylic acids is 1. The van der Waals surface area contributed by atoms with E-state index in [1.165, 1.54) is 11.8 Å². The summed E-state index contributed by atoms with van der Waals surface area (Å²) in [7, 11) is 0. The zero-order valence-electron chi connectivity index (χ0n) is 14.4. The van der Waals surface area contributed by atoms with Crippen molar-refractivity contribution in [2.75, 3.05) is 4.90 Å². The summed E-state index contributed by atoms with van der Waals surface area (Å²) in [5.41, 5.74) is 1.82. The molecule has 1 amide bonds. The third kappa shape index (κ3) is 3.30. The molecule has 2 aromatic carbocycles. The van der Waals surface area contributed by atoms with Gasteiger partial charge < -0.3 is 5.11 Å². The summed E-state index contributed by atoms with van der Waals surface area (Å²) in [6.45, 7) is 3.11. The number of anilines is 2. The molecule has 0 saturated heterocycles. The molecule has 0 unspecified atom stereocenters. The van der Waals surface area contributed by atoms with Crippen molar-refractivity contribution in [2.24, 2.45) is 0 Å². The van der Waals surface area contributed by atoms with Crippen LogP contribution in [0.5, 0.6) is 0 Å². The quantitative estimate of drug-likeness (QED) is 0.777. The average Bonchev–Trinajstić information content (AvgIpc) is 2.65. The van der Waals surface area contributed by atoms with Crippen molar-refractivity contribution in [1.29, 1.82) is 0 Å². The summed E-state index contributed by atoms with van der Waals surface area (Å²) in [5, 5.41) is 9.19. The van der Waals surface area contributed by atoms with Gasteiger partial charge in [-0.2, -0.15) is 0 Å². The highest BCUT2D eigenvalue weighted by atomic mass is 16.4. The van der Waals surface area contributed by atoms with Crippen LogP contribution in [0, 0.1) is 13.8 Å². The summed E-state index contributed by atoms with van der Waals surface area (Å²) in [6.07, 6.45) is 0. The van der Waals surface area contributed by atoms with E-state index >= 15 is 0 Å². The molecule has 3 rings (SSSR count). The topological polar surface area (TPSA) is 83.4 Å². The fourth-order valence-electron chi connectivity index (χ4n) is 2.65. The first-order chi connectivity index (χ1) is 12.5. The zero-order chi connectivity index (χ0) is 18.7. The Kier molecular flexibility index (Phi) is 4.75. The molecule has 6 nitrogen and oxygen atoms in total. The number of rotatable bonds is 4. The summed E-state index contributed by atoms with van der Waals surface area (Å²) in [5.74, 6) is -1.53. The van der Waals surface area contributed by atoms with Gasteiger partial charge in [0.25, 0.3) is 5.91 Å². The second-order valence-corrected chi connectivity index (χ2v) is 5.71. The summed E-state index contributed by atoms with van der Waals surface area (Å²) >= 11 is 0. The maximum Gasteiger partial charge on any atom is 0.356 e. The standard InChI is InChI=1S/C20H17N3O3/c1-13-17(21-14(2)18(22-13)20(25)26)19(24)23(15-9-5-3-6-10-15)16-11-7-4-8-12-16/h3-12H,1-2H3,(H,25,26). The molecule has 0 saturated carbocycles. The Morgan fingerprint density at radius 2 is 1.19 bits per heavy atom. The Hall–Kier alpha value is -3.54. The number of aromatic carboxylic acids is 1. The van der Waals surface area contributed by atoms with Gasteiger partial charge in [-0.3, -0.25) is 9.69 Å². The van der Waals surface area contributed by atoms with E-state index < -0.39 is 5.97 Å². The van der Waals surface area contributed by atoms with Gasteiger partial charge in [-0.1, -0.05) is 36.4 Å². The molecule has 6 heteroatoms. The third-order valence-corrected chi connectivity index (χ3v) is 3.88. The SMILES string of the molecule is Cc1nc(C(=O)N(c2ccccc2)c2ccccc2)c(C)nc1C(=O)O. The third-order valence-electron chi connectivity index (χ3n) is 3.88. The first-order valence-corrected chi connectivity index (χ1v) is 8.02. The van der Waals surface area contributed by atoms with E-state index in [1.54, 1.807) is 6.92 Å². The number of carboxylic acid groups (broad SMARTS) is 1. The van der Waals surface area contributed by atoms with E-state index in [0.29, 0.717) is 11.4 Å². The number of carbonyl (C=O) groups excluding carboxylic acids is 1. The van der Waals surface area contributed by atoms with Crippen molar-refractivity contribution in [3.05, 3.63) is 83.4 Å². The van der Waals surface area contributed by atoms with Gasteiger partial charge in [0, 0.05) is 11.4 Å². The lowest BCUT2D eigenvalue weighted by molar-refractivity contribution is 0.0687. The highest BCUT2D eigenvalue weighted by Gasteiger charge is 2.25. The number of benzene rings is 2. The van der Waals surface area contributed by atoms with Crippen LogP contribution < -0.4 is 4.90 Å². The fourth-order valence-corrected chi connectivity index (χ4v) is 2.65. The molecule has 0 spiro atoms. The molecule has 1 N–H and O–H groups in total. The Balaban J connectivity index is 2.13. The van der Waals surface area contributed by atoms with Crippen molar-refractivity contribution in [1.82, 2.24) is 9.97 Å². The first-order valence-electron chi connectivity index (χ1n) is 8.02. The fraction of sp³-hybridized carbons (Fsp3) is 0.100. The Labute approximate surface area is 150 Å². The number of para-hydroxylation sites is 2. The van der Waals surface area contributed by atoms with Gasteiger partial charge in [0.2, 0.25) is 0 Å². The van der Waals surface area contributed by atoms with Gasteiger partial charge in [-0.15, -0.1) is 0 Å². The smallest absolute Gasteiger partial charge is 0.356 e. The first kappa shape index (κ1) is 17.3. The lowest BCUT2D eigenvalue weighted by Gasteiger charge is -2.23. The molecule has 0 atom stereocenters. The number of aromatic nitrogens is 2. The van der Waals surface area contributed by atoms with Crippen LogP contribution in [0.25, 0.3) is 0 Å². The van der Waals surface area contributed by atoms with E-state index in [4.69, 9.17) is 0 Å². The molecule has 1 aromatic heterocycles. The van der Waals surface area contributed by atoms with E-state index in [1.807, 2.05) is 60.7 Å². The van der Waals surface area contributed by atoms with Crippen molar-refractivity contribution in [3.63, 3.8) is 0 Å². The molecule has 0 aliphatic carbocycles. The van der Waals surface area contributed by atoms with Gasteiger partial charge in [-0.25, -0.2) is 14.8 Å². The highest BCUT2D eigenvalue weighted by Crippen LogP contribution is 2.27. The largest absolute Gasteiger partial charge is 0.476 e. The summed E-state index contributed by atoms with van der Waals surface area (Å²) < 4.78 is 0. The maximum atomic E-state index is 13.3. The number of amides is 1. The molecule has 0 aliphatic heterocycles. The number of hydrogen-bond acceptors (Lipinski definition) is 4. The van der Waals surface area contributed by atoms with E-state index in [-0.39, 0.29) is 28.7 Å². The predicted octanol–water partition coefficient (Wildman–Crippen LogP) is 3.77. The van der Waals surface area contributed by atoms with Crippen LogP contribution in [-0.4, -0.2) is 27.0 Å². The van der Waals surface area contributed by atoms with Crippen molar-refractivity contribution < 1.29 is 14.7 Å². The average molecular weight is 347 g/mol. The molecule has 0 bridgehead atoms. The molecule has 130 valence electrons. The number of aryl methyl sites for hydroxylation is 2. The Morgan fingerprint density at radius 3 is 1.65 bits per heavy atom. The summed E-state index contributed by atoms with van der Waals surface area (Å²) in [6, 6.07) is 18.4. The van der Waals surface area contributed by atoms with Crippen LogP contribution in [-0.2, 0) is 0 Å². The molecule has 3 aromatic rings. The van der Waals surface area contributed by atoms with Crippen molar-refractivity contribution in [3.8, 4) is 0 Å². The van der Waals surface area contributed by atoms with Crippen LogP contribution in [0.2, 0.25) is 0 Å². The lowest BCUT2D eigenvalue weighted by Crippen LogP contribution is -2.28. The second-order valence-electron chi connectivity index (χ2n) is 5.71. The Morgan fingerprint density at radius 1 is 0.769 bits per heavy atom. The van der Waals surface area contributed by atoms with Crippen molar-refractivity contribution in [2.45, 2.75) is 13.8 Å². The molecule has 26 heavy (non-hydrogen) atoms. The molecule has 0 aliphatic rings. The van der Waals surface area contributed by atoms with Gasteiger partial charge in [0.1, 0.15) is 0 Å². The zero-order valence-corrected chi connectivity index (χ0v) is 14.4. The Bertz CT molecular complexity index is 917. The number of nitrogens with zero attached hydrogens (tertiary/aromatic N) is 3. The minimum Gasteiger partial charge on any atom is -0.476 e. The minimum atomic E-state index is -1.17. The van der Waals surface area contributed by atoms with E-state index in [9.17, 15) is 14.7 Å². The monoisotopic (exact) mass is 347 g/mol. The second kappa shape index (κ2) is 7.14. The van der Waals surface area contributed by atoms with Crippen LogP contribution >= 0.6 is 0 Å². The van der Waals surface area contributed by atoms with Gasteiger partial charge >= 0.3 is 5.97 Å². The van der Waals surface area contributed by atoms with Crippen molar-refractivity contribution >= 4 is 23.3 Å². The van der Waals surface area contributed by atoms with Crippen LogP contribution in [0.4, 0.5) is 11.4 Å². The van der Waals surface area contributed by atoms with Gasteiger partial charge in [-0.05, 0) is 38.1 Å². The minimum absolute atomic E-state index is 0.125. The number of carbonyl (C=O) groups is 2. The number of hydrogen-bond donors (Lipinski definition) is 1. The lowest BCUT2D eigenvalue weighted by atomic mass is 10.2. The van der Waals surface area contributed by atoms with Crippen LogP contribution in [0.1, 0.15) is 32.4 Å². The predicted molar refractivity (Wildman–Crippen MR) is 97.8 cm³/mol. The molecular formula is C20H17N3O3. The molecular weight excluding hydrogens is 330 g/mol. The molecule has 0 radical (unpaired) electrons. The molecule has 0 fully saturated rings. The maximum absolute atomic E-state index is 13.3. The normalized spacial score (nSPS) is 10.4. The molecule has 1 heterocycles. The van der Waals surface area contributed by atoms with E-state index in [2.05, 4.69) is 9.97 Å². The van der Waals surface area contributed by atoms with E-state index in [0.717, 1.165) is 0 Å². The van der Waals surface area contributed by atoms with Crippen LogP contribution in [0.3, 0.4) is 0 Å². The summed E-state index contributed by atoms with van der Waals surface area (Å²) in [4.78, 5) is 34.3. The van der Waals surface area contributed by atoms with Gasteiger partial charge in [0.15, 0.2) is 11.4 Å². The van der Waals surface area contributed by atoms with Gasteiger partial charge in [0.05, 0.1) is 11.4 Å². The highest BCUT2D eigenvalue weighted by molar-refractivity contribution is 6.10.